The summed E-state index contributed by atoms with van der Waals surface area (Å²) >= 11 is 0. The number of sulfonamides is 1. The summed E-state index contributed by atoms with van der Waals surface area (Å²) in [7, 11) is -3.29. The second kappa shape index (κ2) is 8.49. The summed E-state index contributed by atoms with van der Waals surface area (Å²) < 4.78 is 31.4. The van der Waals surface area contributed by atoms with Gasteiger partial charge in [0.25, 0.3) is 0 Å². The molecule has 0 aliphatic carbocycles. The number of aromatic nitrogens is 1. The Morgan fingerprint density at radius 3 is 2.85 bits per heavy atom. The number of nitrogens with one attached hydrogen (secondary N) is 1. The van der Waals surface area contributed by atoms with Gasteiger partial charge in [0.1, 0.15) is 5.75 Å². The van der Waals surface area contributed by atoms with Crippen LogP contribution in [0.5, 0.6) is 11.5 Å². The molecule has 0 spiro atoms. The summed E-state index contributed by atoms with van der Waals surface area (Å²) in [4.78, 5) is 16.7. The number of para-hydroxylation sites is 2. The van der Waals surface area contributed by atoms with Gasteiger partial charge in [-0.15, -0.1) is 0 Å². The van der Waals surface area contributed by atoms with E-state index in [-0.39, 0.29) is 24.1 Å². The molecule has 1 N–H and O–H groups in total. The van der Waals surface area contributed by atoms with Crippen molar-refractivity contribution in [1.29, 1.82) is 0 Å². The molecule has 2 heterocycles. The fourth-order valence-corrected chi connectivity index (χ4v) is 4.20. The largest absolute Gasteiger partial charge is 0.454 e. The van der Waals surface area contributed by atoms with Crippen molar-refractivity contribution in [2.45, 2.75) is 19.8 Å². The molecule has 7 nitrogen and oxygen atoms in total. The predicted molar refractivity (Wildman–Crippen MR) is 103 cm³/mol. The monoisotopic (exact) mass is 389 g/mol. The Morgan fingerprint density at radius 2 is 2.11 bits per heavy atom. The summed E-state index contributed by atoms with van der Waals surface area (Å²) in [6.45, 7) is 2.30. The number of hydrogen-bond acceptors (Lipinski definition) is 5. The van der Waals surface area contributed by atoms with Crippen LogP contribution in [-0.2, 0) is 14.8 Å². The van der Waals surface area contributed by atoms with Gasteiger partial charge in [-0.05, 0) is 44.0 Å². The zero-order chi connectivity index (χ0) is 19.3. The molecule has 1 aromatic heterocycles. The van der Waals surface area contributed by atoms with Crippen molar-refractivity contribution in [3.8, 4) is 11.5 Å². The molecule has 1 aliphatic rings. The van der Waals surface area contributed by atoms with E-state index < -0.39 is 10.0 Å². The van der Waals surface area contributed by atoms with E-state index in [9.17, 15) is 13.2 Å². The lowest BCUT2D eigenvalue weighted by Gasteiger charge is -2.31. The smallest absolute Gasteiger partial charge is 0.228 e. The van der Waals surface area contributed by atoms with Crippen LogP contribution in [0.25, 0.3) is 0 Å². The normalized spacial score (nSPS) is 18.0. The Balaban J connectivity index is 1.71. The Hall–Kier alpha value is -2.45. The van der Waals surface area contributed by atoms with E-state index in [1.165, 1.54) is 4.31 Å². The fraction of sp³-hybridized carbons (Fsp3) is 0.368. The van der Waals surface area contributed by atoms with Crippen LogP contribution in [0.3, 0.4) is 0 Å². The number of carbonyl (C=O) groups excluding carboxylic acids is 1. The van der Waals surface area contributed by atoms with E-state index in [0.29, 0.717) is 36.6 Å². The molecule has 0 saturated carbocycles. The number of nitrogens with zero attached hydrogens (tertiary/aromatic N) is 2. The third-order valence-corrected chi connectivity index (χ3v) is 6.37. The molecule has 8 heteroatoms. The highest BCUT2D eigenvalue weighted by Crippen LogP contribution is 2.30. The summed E-state index contributed by atoms with van der Waals surface area (Å²) in [5.41, 5.74) is 0.543. The molecule has 3 rings (SSSR count). The minimum absolute atomic E-state index is 0.0448. The van der Waals surface area contributed by atoms with Gasteiger partial charge in [0.2, 0.25) is 15.9 Å². The quantitative estimate of drug-likeness (QED) is 0.821. The van der Waals surface area contributed by atoms with Crippen LogP contribution < -0.4 is 10.1 Å². The van der Waals surface area contributed by atoms with Crippen molar-refractivity contribution in [1.82, 2.24) is 9.29 Å². The lowest BCUT2D eigenvalue weighted by Crippen LogP contribution is -2.44. The van der Waals surface area contributed by atoms with Crippen LogP contribution >= 0.6 is 0 Å². The highest BCUT2D eigenvalue weighted by molar-refractivity contribution is 7.89. The van der Waals surface area contributed by atoms with E-state index in [0.717, 1.165) is 0 Å². The van der Waals surface area contributed by atoms with E-state index in [1.807, 2.05) is 6.07 Å². The number of ether oxygens (including phenoxy) is 1. The first-order valence-electron chi connectivity index (χ1n) is 8.95. The number of pyridine rings is 1. The minimum atomic E-state index is -3.29. The average Bonchev–Trinajstić information content (AvgIpc) is 2.70. The Labute approximate surface area is 159 Å². The van der Waals surface area contributed by atoms with Crippen LogP contribution in [0.2, 0.25) is 0 Å². The maximum atomic E-state index is 12.7. The second-order valence-corrected chi connectivity index (χ2v) is 8.63. The Kier molecular flexibility index (Phi) is 6.08. The first-order valence-corrected chi connectivity index (χ1v) is 10.6. The van der Waals surface area contributed by atoms with Crippen molar-refractivity contribution < 1.29 is 17.9 Å². The van der Waals surface area contributed by atoms with Crippen molar-refractivity contribution in [2.24, 2.45) is 5.92 Å². The molecule has 0 bridgehead atoms. The highest BCUT2D eigenvalue weighted by atomic mass is 32.2. The van der Waals surface area contributed by atoms with E-state index in [1.54, 1.807) is 49.6 Å². The molecule has 1 saturated heterocycles. The maximum absolute atomic E-state index is 12.7. The van der Waals surface area contributed by atoms with Crippen molar-refractivity contribution in [3.63, 3.8) is 0 Å². The molecule has 1 aliphatic heterocycles. The molecule has 2 aromatic rings. The first-order chi connectivity index (χ1) is 13.0. The van der Waals surface area contributed by atoms with Gasteiger partial charge in [0, 0.05) is 19.3 Å². The molecule has 1 fully saturated rings. The number of carbonyl (C=O) groups is 1. The average molecular weight is 389 g/mol. The van der Waals surface area contributed by atoms with Crippen LogP contribution in [0.4, 0.5) is 5.69 Å². The fourth-order valence-electron chi connectivity index (χ4n) is 3.02. The molecule has 144 valence electrons. The SMILES string of the molecule is CCS(=O)(=O)N1CCC[C@@H](C(=O)Nc2ccccc2Oc2cccnc2)C1. The highest BCUT2D eigenvalue weighted by Gasteiger charge is 2.31. The van der Waals surface area contributed by atoms with E-state index in [4.69, 9.17) is 4.74 Å². The van der Waals surface area contributed by atoms with Gasteiger partial charge in [-0.25, -0.2) is 12.7 Å². The first kappa shape index (κ1) is 19.3. The van der Waals surface area contributed by atoms with Gasteiger partial charge in [-0.2, -0.15) is 0 Å². The maximum Gasteiger partial charge on any atom is 0.228 e. The van der Waals surface area contributed by atoms with Crippen molar-refractivity contribution in [2.75, 3.05) is 24.2 Å². The van der Waals surface area contributed by atoms with Crippen LogP contribution in [0.1, 0.15) is 19.8 Å². The zero-order valence-corrected chi connectivity index (χ0v) is 16.0. The molecule has 1 aromatic carbocycles. The molecule has 27 heavy (non-hydrogen) atoms. The number of piperidine rings is 1. The topological polar surface area (TPSA) is 88.6 Å². The summed E-state index contributed by atoms with van der Waals surface area (Å²) in [5, 5.41) is 2.88. The van der Waals surface area contributed by atoms with Gasteiger partial charge >= 0.3 is 0 Å². The molecule has 1 atom stereocenters. The van der Waals surface area contributed by atoms with Gasteiger partial charge in [-0.1, -0.05) is 12.1 Å². The van der Waals surface area contributed by atoms with E-state index >= 15 is 0 Å². The standard InChI is InChI=1S/C19H23N3O4S/c1-2-27(24,25)22-12-6-7-15(14-22)19(23)21-17-9-3-4-10-18(17)26-16-8-5-11-20-13-16/h3-5,8-11,13,15H,2,6-7,12,14H2,1H3,(H,21,23)/t15-/m1/s1. The number of anilines is 1. The van der Waals surface area contributed by atoms with Gasteiger partial charge in [-0.3, -0.25) is 9.78 Å². The summed E-state index contributed by atoms with van der Waals surface area (Å²) in [5.74, 6) is 0.535. The van der Waals surface area contributed by atoms with E-state index in [2.05, 4.69) is 10.3 Å². The summed E-state index contributed by atoms with van der Waals surface area (Å²) in [6.07, 6.45) is 4.57. The van der Waals surface area contributed by atoms with Crippen LogP contribution in [0, 0.1) is 5.92 Å². The van der Waals surface area contributed by atoms with Crippen LogP contribution in [-0.4, -0.2) is 42.5 Å². The molecular formula is C19H23N3O4S. The number of benzene rings is 1. The molecule has 1 amide bonds. The second-order valence-electron chi connectivity index (χ2n) is 6.37. The third-order valence-electron chi connectivity index (χ3n) is 4.52. The minimum Gasteiger partial charge on any atom is -0.454 e. The number of hydrogen-bond donors (Lipinski definition) is 1. The lowest BCUT2D eigenvalue weighted by atomic mass is 9.98. The summed E-state index contributed by atoms with van der Waals surface area (Å²) in [6, 6.07) is 10.7. The molecule has 0 unspecified atom stereocenters. The number of rotatable bonds is 6. The number of amides is 1. The lowest BCUT2D eigenvalue weighted by molar-refractivity contribution is -0.120. The Morgan fingerprint density at radius 1 is 1.30 bits per heavy atom. The van der Waals surface area contributed by atoms with Crippen LogP contribution in [0.15, 0.2) is 48.8 Å². The zero-order valence-electron chi connectivity index (χ0n) is 15.2. The van der Waals surface area contributed by atoms with Crippen molar-refractivity contribution in [3.05, 3.63) is 48.8 Å². The molecule has 0 radical (unpaired) electrons. The third kappa shape index (κ3) is 4.84. The van der Waals surface area contributed by atoms with Crippen molar-refractivity contribution >= 4 is 21.6 Å². The van der Waals surface area contributed by atoms with Gasteiger partial charge in [0.15, 0.2) is 5.75 Å². The predicted octanol–water partition coefficient (Wildman–Crippen LogP) is 2.87. The Bertz CT molecular complexity index is 887. The van der Waals surface area contributed by atoms with Gasteiger partial charge < -0.3 is 10.1 Å². The molecular weight excluding hydrogens is 366 g/mol. The van der Waals surface area contributed by atoms with Gasteiger partial charge in [0.05, 0.1) is 23.6 Å².